The van der Waals surface area contributed by atoms with E-state index in [0.717, 1.165) is 0 Å². The van der Waals surface area contributed by atoms with Crippen LogP contribution in [0.1, 0.15) is 11.1 Å². The van der Waals surface area contributed by atoms with E-state index in [9.17, 15) is 19.1 Å². The van der Waals surface area contributed by atoms with Crippen molar-refractivity contribution in [2.45, 2.75) is 5.54 Å². The first-order chi connectivity index (χ1) is 14.4. The second-order valence-electron chi connectivity index (χ2n) is 7.06. The molecule has 2 N–H and O–H groups in total. The van der Waals surface area contributed by atoms with Crippen molar-refractivity contribution < 1.29 is 19.1 Å². The van der Waals surface area contributed by atoms with Gasteiger partial charge in [0.25, 0.3) is 11.8 Å². The molecule has 0 saturated carbocycles. The molecule has 5 rings (SSSR count). The minimum atomic E-state index is -1.71. The van der Waals surface area contributed by atoms with Crippen LogP contribution in [0.4, 0.5) is 15.8 Å². The SMILES string of the molecule is O=C1C(O)=C(c2ccccc2)C2(C(=O)Nc3cc(F)ccc32)N1c1cccc(Cl)c1. The number of fused-ring (bicyclic) bond motifs is 2. The van der Waals surface area contributed by atoms with Gasteiger partial charge in [-0.2, -0.15) is 0 Å². The maximum atomic E-state index is 13.9. The highest BCUT2D eigenvalue weighted by Crippen LogP contribution is 2.55. The fourth-order valence-corrected chi connectivity index (χ4v) is 4.45. The zero-order chi connectivity index (χ0) is 21.0. The summed E-state index contributed by atoms with van der Waals surface area (Å²) < 4.78 is 13.9. The van der Waals surface area contributed by atoms with E-state index < -0.39 is 28.9 Å². The van der Waals surface area contributed by atoms with E-state index in [1.54, 1.807) is 48.5 Å². The van der Waals surface area contributed by atoms with Gasteiger partial charge in [0.15, 0.2) is 11.3 Å². The van der Waals surface area contributed by atoms with Crippen LogP contribution < -0.4 is 10.2 Å². The zero-order valence-electron chi connectivity index (χ0n) is 15.4. The fourth-order valence-electron chi connectivity index (χ4n) is 4.27. The molecule has 2 amide bonds. The van der Waals surface area contributed by atoms with E-state index in [-0.39, 0.29) is 11.3 Å². The van der Waals surface area contributed by atoms with E-state index in [0.29, 0.717) is 21.8 Å². The summed E-state index contributed by atoms with van der Waals surface area (Å²) in [6, 6.07) is 19.0. The Bertz CT molecular complexity index is 1260. The normalized spacial score (nSPS) is 20.1. The summed E-state index contributed by atoms with van der Waals surface area (Å²) in [6.45, 7) is 0. The number of carbonyl (C=O) groups excluding carboxylic acids is 2. The van der Waals surface area contributed by atoms with Crippen molar-refractivity contribution in [1.29, 1.82) is 0 Å². The molecule has 0 saturated heterocycles. The highest BCUT2D eigenvalue weighted by Gasteiger charge is 2.62. The largest absolute Gasteiger partial charge is 0.503 e. The van der Waals surface area contributed by atoms with Crippen molar-refractivity contribution >= 4 is 40.4 Å². The molecule has 148 valence electrons. The van der Waals surface area contributed by atoms with Gasteiger partial charge >= 0.3 is 0 Å². The van der Waals surface area contributed by atoms with Gasteiger partial charge in [0, 0.05) is 21.8 Å². The number of nitrogens with zero attached hydrogens (tertiary/aromatic N) is 1. The van der Waals surface area contributed by atoms with Gasteiger partial charge < -0.3 is 10.4 Å². The molecule has 2 aliphatic heterocycles. The molecule has 2 heterocycles. The van der Waals surface area contributed by atoms with Crippen LogP contribution >= 0.6 is 11.6 Å². The third kappa shape index (κ3) is 2.34. The number of benzene rings is 3. The number of halogens is 2. The van der Waals surface area contributed by atoms with Gasteiger partial charge in [-0.15, -0.1) is 0 Å². The molecule has 2 aliphatic rings. The van der Waals surface area contributed by atoms with Gasteiger partial charge in [-0.05, 0) is 35.9 Å². The van der Waals surface area contributed by atoms with Crippen LogP contribution in [0.2, 0.25) is 5.02 Å². The van der Waals surface area contributed by atoms with E-state index in [2.05, 4.69) is 5.32 Å². The minimum Gasteiger partial charge on any atom is -0.503 e. The van der Waals surface area contributed by atoms with E-state index in [1.165, 1.54) is 29.2 Å². The molecule has 7 heteroatoms. The van der Waals surface area contributed by atoms with Crippen molar-refractivity contribution in [2.75, 3.05) is 10.2 Å². The molecule has 1 unspecified atom stereocenters. The number of rotatable bonds is 2. The van der Waals surface area contributed by atoms with Crippen molar-refractivity contribution in [2.24, 2.45) is 0 Å². The van der Waals surface area contributed by atoms with Crippen LogP contribution in [0.3, 0.4) is 0 Å². The molecule has 0 aliphatic carbocycles. The Kier molecular flexibility index (Phi) is 3.95. The summed E-state index contributed by atoms with van der Waals surface area (Å²) in [5.74, 6) is -2.39. The lowest BCUT2D eigenvalue weighted by Gasteiger charge is -2.35. The lowest BCUT2D eigenvalue weighted by atomic mass is 9.80. The Morgan fingerprint density at radius 1 is 0.967 bits per heavy atom. The van der Waals surface area contributed by atoms with E-state index >= 15 is 0 Å². The van der Waals surface area contributed by atoms with Crippen molar-refractivity contribution in [1.82, 2.24) is 0 Å². The summed E-state index contributed by atoms with van der Waals surface area (Å²) in [5.41, 5.74) is -0.141. The quantitative estimate of drug-likeness (QED) is 0.634. The molecule has 0 fully saturated rings. The van der Waals surface area contributed by atoms with Gasteiger partial charge in [-0.3, -0.25) is 14.5 Å². The third-order valence-corrected chi connectivity index (χ3v) is 5.65. The molecule has 30 heavy (non-hydrogen) atoms. The number of nitrogens with one attached hydrogen (secondary N) is 1. The topological polar surface area (TPSA) is 69.6 Å². The highest BCUT2D eigenvalue weighted by atomic mass is 35.5. The van der Waals surface area contributed by atoms with E-state index in [4.69, 9.17) is 11.6 Å². The van der Waals surface area contributed by atoms with Gasteiger partial charge in [-0.25, -0.2) is 4.39 Å². The summed E-state index contributed by atoms with van der Waals surface area (Å²) in [4.78, 5) is 28.0. The number of hydrogen-bond acceptors (Lipinski definition) is 3. The Morgan fingerprint density at radius 2 is 1.73 bits per heavy atom. The molecular formula is C23H14ClFN2O3. The second-order valence-corrected chi connectivity index (χ2v) is 7.50. The monoisotopic (exact) mass is 420 g/mol. The number of amides is 2. The zero-order valence-corrected chi connectivity index (χ0v) is 16.2. The summed E-state index contributed by atoms with van der Waals surface area (Å²) >= 11 is 6.15. The van der Waals surface area contributed by atoms with Crippen molar-refractivity contribution in [3.8, 4) is 0 Å². The second kappa shape index (κ2) is 6.43. The fraction of sp³-hybridized carbons (Fsp3) is 0.0435. The highest BCUT2D eigenvalue weighted by molar-refractivity contribution is 6.32. The van der Waals surface area contributed by atoms with Crippen LogP contribution in [0.5, 0.6) is 0 Å². The molecular weight excluding hydrogens is 407 g/mol. The molecule has 0 aromatic heterocycles. The molecule has 0 radical (unpaired) electrons. The molecule has 5 nitrogen and oxygen atoms in total. The molecule has 3 aromatic carbocycles. The van der Waals surface area contributed by atoms with Crippen LogP contribution in [0.25, 0.3) is 5.57 Å². The maximum Gasteiger partial charge on any atom is 0.295 e. The Labute approximate surface area is 176 Å². The average molecular weight is 421 g/mol. The number of hydrogen-bond donors (Lipinski definition) is 2. The van der Waals surface area contributed by atoms with Crippen molar-refractivity contribution in [3.63, 3.8) is 0 Å². The van der Waals surface area contributed by atoms with Crippen molar-refractivity contribution in [3.05, 3.63) is 101 Å². The maximum absolute atomic E-state index is 13.9. The first-order valence-corrected chi connectivity index (χ1v) is 9.53. The summed E-state index contributed by atoms with van der Waals surface area (Å²) in [7, 11) is 0. The Morgan fingerprint density at radius 3 is 2.47 bits per heavy atom. The van der Waals surface area contributed by atoms with Crippen LogP contribution in [-0.4, -0.2) is 16.9 Å². The summed E-state index contributed by atoms with van der Waals surface area (Å²) in [6.07, 6.45) is 0. The predicted molar refractivity (Wildman–Crippen MR) is 112 cm³/mol. The molecule has 1 spiro atoms. The summed E-state index contributed by atoms with van der Waals surface area (Å²) in [5, 5.41) is 14.0. The molecule has 1 atom stereocenters. The van der Waals surface area contributed by atoms with Gasteiger partial charge in [0.1, 0.15) is 5.82 Å². The van der Waals surface area contributed by atoms with Crippen LogP contribution in [0, 0.1) is 5.82 Å². The van der Waals surface area contributed by atoms with Crippen LogP contribution in [0.15, 0.2) is 78.6 Å². The number of aliphatic hydroxyl groups is 1. The number of anilines is 2. The van der Waals surface area contributed by atoms with Gasteiger partial charge in [-0.1, -0.05) is 54.1 Å². The Balaban J connectivity index is 1.87. The first kappa shape index (κ1) is 18.4. The minimum absolute atomic E-state index is 0.135. The molecule has 0 bridgehead atoms. The predicted octanol–water partition coefficient (Wildman–Crippen LogP) is 4.64. The number of carbonyl (C=O) groups is 2. The standard InChI is InChI=1S/C23H14ClFN2O3/c24-14-7-4-8-16(11-14)27-21(29)20(28)19(13-5-2-1-3-6-13)23(27)17-10-9-15(25)12-18(17)26-22(23)30/h1-12,28H,(H,26,30). The smallest absolute Gasteiger partial charge is 0.295 e. The first-order valence-electron chi connectivity index (χ1n) is 9.15. The lowest BCUT2D eigenvalue weighted by Crippen LogP contribution is -2.50. The van der Waals surface area contributed by atoms with Crippen LogP contribution in [-0.2, 0) is 15.1 Å². The number of aliphatic hydroxyl groups excluding tert-OH is 1. The average Bonchev–Trinajstić information content (AvgIpc) is 3.13. The van der Waals surface area contributed by atoms with E-state index in [1.807, 2.05) is 0 Å². The molecule has 3 aromatic rings. The Hall–Kier alpha value is -3.64. The van der Waals surface area contributed by atoms with Gasteiger partial charge in [0.2, 0.25) is 0 Å². The van der Waals surface area contributed by atoms with Gasteiger partial charge in [0.05, 0.1) is 5.69 Å². The lowest BCUT2D eigenvalue weighted by molar-refractivity contribution is -0.123. The third-order valence-electron chi connectivity index (χ3n) is 5.42.